The molecule has 5 nitrogen and oxygen atoms in total. The summed E-state index contributed by atoms with van der Waals surface area (Å²) in [4.78, 5) is 3.84. The van der Waals surface area contributed by atoms with E-state index in [1.54, 1.807) is 12.1 Å². The number of hydrogen-bond donors (Lipinski definition) is 2. The maximum atomic E-state index is 12.6. The fourth-order valence-corrected chi connectivity index (χ4v) is 2.85. The molecule has 0 fully saturated rings. The van der Waals surface area contributed by atoms with Crippen molar-refractivity contribution >= 4 is 37.9 Å². The van der Waals surface area contributed by atoms with Crippen LogP contribution in [-0.4, -0.2) is 18.9 Å². The zero-order chi connectivity index (χ0) is 18.1. The van der Waals surface area contributed by atoms with Crippen LogP contribution in [0.1, 0.15) is 0 Å². The highest BCUT2D eigenvalue weighted by Gasteiger charge is 2.46. The zero-order valence-electron chi connectivity index (χ0n) is 12.6. The second-order valence-corrected chi connectivity index (χ2v) is 6.80. The van der Waals surface area contributed by atoms with Gasteiger partial charge in [-0.05, 0) is 17.5 Å². The average Bonchev–Trinajstić information content (AvgIpc) is 2.56. The number of pyridine rings is 1. The van der Waals surface area contributed by atoms with Crippen LogP contribution in [0, 0.1) is 0 Å². The molecule has 0 saturated carbocycles. The first-order valence-electron chi connectivity index (χ1n) is 7.06. The largest absolute Gasteiger partial charge is 0.516 e. The molecule has 3 aromatic rings. The van der Waals surface area contributed by atoms with Gasteiger partial charge < -0.3 is 5.32 Å². The minimum absolute atomic E-state index is 0.103. The van der Waals surface area contributed by atoms with E-state index in [4.69, 9.17) is 0 Å². The van der Waals surface area contributed by atoms with Gasteiger partial charge in [-0.15, -0.1) is 0 Å². The Labute approximate surface area is 141 Å². The number of rotatable bonds is 4. The summed E-state index contributed by atoms with van der Waals surface area (Å²) in [7, 11) is -5.53. The van der Waals surface area contributed by atoms with Crippen LogP contribution in [0.15, 0.2) is 60.9 Å². The molecule has 9 heteroatoms. The van der Waals surface area contributed by atoms with Crippen molar-refractivity contribution in [2.45, 2.75) is 5.51 Å². The van der Waals surface area contributed by atoms with Crippen LogP contribution in [0.25, 0.3) is 10.8 Å². The van der Waals surface area contributed by atoms with Crippen LogP contribution in [0.5, 0.6) is 0 Å². The Bertz CT molecular complexity index is 1020. The first-order chi connectivity index (χ1) is 11.8. The third-order valence-corrected chi connectivity index (χ3v) is 4.53. The highest BCUT2D eigenvalue weighted by atomic mass is 32.2. The van der Waals surface area contributed by atoms with Crippen LogP contribution >= 0.6 is 0 Å². The zero-order valence-corrected chi connectivity index (χ0v) is 13.4. The first kappa shape index (κ1) is 17.0. The molecule has 2 N–H and O–H groups in total. The second-order valence-electron chi connectivity index (χ2n) is 5.12. The van der Waals surface area contributed by atoms with Crippen LogP contribution < -0.4 is 10.0 Å². The number of nitrogens with zero attached hydrogens (tertiary/aromatic N) is 1. The molecule has 3 rings (SSSR count). The molecule has 0 unspecified atom stereocenters. The summed E-state index contributed by atoms with van der Waals surface area (Å²) in [5.74, 6) is 0. The molecular formula is C16H12F3N3O2S. The Morgan fingerprint density at radius 1 is 0.880 bits per heavy atom. The van der Waals surface area contributed by atoms with E-state index in [1.165, 1.54) is 17.1 Å². The number of fused-ring (bicyclic) bond motifs is 1. The van der Waals surface area contributed by atoms with E-state index >= 15 is 0 Å². The van der Waals surface area contributed by atoms with Crippen molar-refractivity contribution in [2.24, 2.45) is 0 Å². The van der Waals surface area contributed by atoms with E-state index in [9.17, 15) is 21.6 Å². The van der Waals surface area contributed by atoms with E-state index in [-0.39, 0.29) is 11.4 Å². The number of aromatic nitrogens is 1. The van der Waals surface area contributed by atoms with E-state index in [1.807, 2.05) is 30.3 Å². The Hall–Kier alpha value is -2.81. The summed E-state index contributed by atoms with van der Waals surface area (Å²) in [6, 6.07) is 14.0. The van der Waals surface area contributed by atoms with E-state index in [0.29, 0.717) is 5.69 Å². The highest BCUT2D eigenvalue weighted by molar-refractivity contribution is 7.93. The van der Waals surface area contributed by atoms with Crippen LogP contribution in [0.4, 0.5) is 30.2 Å². The number of nitrogens with one attached hydrogen (secondary N) is 2. The lowest BCUT2D eigenvalue weighted by Crippen LogP contribution is -2.30. The number of sulfonamides is 1. The van der Waals surface area contributed by atoms with E-state index in [2.05, 4.69) is 10.3 Å². The highest BCUT2D eigenvalue weighted by Crippen LogP contribution is 2.32. The first-order valence-corrected chi connectivity index (χ1v) is 8.54. The normalized spacial score (nSPS) is 12.1. The lowest BCUT2D eigenvalue weighted by molar-refractivity contribution is -0.0429. The molecule has 0 radical (unpaired) electrons. The van der Waals surface area contributed by atoms with Gasteiger partial charge in [-0.2, -0.15) is 21.6 Å². The molecule has 1 aromatic heterocycles. The molecule has 0 saturated heterocycles. The molecule has 25 heavy (non-hydrogen) atoms. The predicted molar refractivity (Wildman–Crippen MR) is 90.1 cm³/mol. The summed E-state index contributed by atoms with van der Waals surface area (Å²) >= 11 is 0. The van der Waals surface area contributed by atoms with Crippen molar-refractivity contribution in [3.05, 3.63) is 60.9 Å². The lowest BCUT2D eigenvalue weighted by Gasteiger charge is -2.16. The van der Waals surface area contributed by atoms with Gasteiger partial charge >= 0.3 is 15.5 Å². The van der Waals surface area contributed by atoms with Crippen LogP contribution in [0.3, 0.4) is 0 Å². The Morgan fingerprint density at radius 2 is 1.60 bits per heavy atom. The maximum Gasteiger partial charge on any atom is 0.516 e. The van der Waals surface area contributed by atoms with Gasteiger partial charge in [0.2, 0.25) is 0 Å². The summed E-state index contributed by atoms with van der Waals surface area (Å²) in [6.45, 7) is 0. The lowest BCUT2D eigenvalue weighted by atomic mass is 10.1. The van der Waals surface area contributed by atoms with Gasteiger partial charge in [0.15, 0.2) is 0 Å². The SMILES string of the molecule is O=S(=O)(Nc1ccncc1Nc1cccc2ccccc12)C(F)(F)F. The minimum Gasteiger partial charge on any atom is -0.352 e. The molecule has 130 valence electrons. The summed E-state index contributed by atoms with van der Waals surface area (Å²) in [5, 5.41) is 4.69. The number of hydrogen-bond acceptors (Lipinski definition) is 4. The number of anilines is 3. The molecule has 0 aliphatic rings. The number of halogens is 3. The third kappa shape index (κ3) is 3.50. The van der Waals surface area contributed by atoms with Crippen molar-refractivity contribution in [3.8, 4) is 0 Å². The van der Waals surface area contributed by atoms with Crippen molar-refractivity contribution in [2.75, 3.05) is 10.0 Å². The van der Waals surface area contributed by atoms with Crippen molar-refractivity contribution in [3.63, 3.8) is 0 Å². The third-order valence-electron chi connectivity index (χ3n) is 3.43. The molecule has 0 aliphatic heterocycles. The monoisotopic (exact) mass is 367 g/mol. The van der Waals surface area contributed by atoms with Gasteiger partial charge in [0, 0.05) is 17.3 Å². The molecular weight excluding hydrogens is 355 g/mol. The van der Waals surface area contributed by atoms with Crippen LogP contribution in [0.2, 0.25) is 0 Å². The summed E-state index contributed by atoms with van der Waals surface area (Å²) in [5.41, 5.74) is -4.95. The van der Waals surface area contributed by atoms with Crippen molar-refractivity contribution in [1.29, 1.82) is 0 Å². The van der Waals surface area contributed by atoms with E-state index in [0.717, 1.165) is 16.8 Å². The van der Waals surface area contributed by atoms with Gasteiger partial charge in [0.25, 0.3) is 0 Å². The Morgan fingerprint density at radius 3 is 2.36 bits per heavy atom. The quantitative estimate of drug-likeness (QED) is 0.724. The van der Waals surface area contributed by atoms with Gasteiger partial charge in [-0.25, -0.2) is 0 Å². The van der Waals surface area contributed by atoms with Gasteiger partial charge in [-0.1, -0.05) is 36.4 Å². The van der Waals surface area contributed by atoms with E-state index < -0.39 is 15.5 Å². The topological polar surface area (TPSA) is 71.1 Å². The van der Waals surface area contributed by atoms with Gasteiger partial charge in [0.05, 0.1) is 17.6 Å². The number of benzene rings is 2. The predicted octanol–water partition coefficient (Wildman–Crippen LogP) is 4.24. The van der Waals surface area contributed by atoms with Crippen molar-refractivity contribution < 1.29 is 21.6 Å². The maximum absolute atomic E-state index is 12.6. The minimum atomic E-state index is -5.53. The smallest absolute Gasteiger partial charge is 0.352 e. The standard InChI is InChI=1S/C16H12F3N3O2S/c17-16(18,19)25(23,24)22-14-8-9-20-10-15(14)21-13-7-3-5-11-4-1-2-6-12(11)13/h1-10,21H,(H,20,22). The molecule has 0 aliphatic carbocycles. The molecule has 0 amide bonds. The number of alkyl halides is 3. The average molecular weight is 367 g/mol. The molecule has 1 heterocycles. The van der Waals surface area contributed by atoms with Gasteiger partial charge in [0.1, 0.15) is 0 Å². The molecule has 0 bridgehead atoms. The molecule has 2 aromatic carbocycles. The van der Waals surface area contributed by atoms with Gasteiger partial charge in [-0.3, -0.25) is 9.71 Å². The van der Waals surface area contributed by atoms with Crippen LogP contribution in [-0.2, 0) is 10.0 Å². The Kier molecular flexibility index (Phi) is 4.25. The summed E-state index contributed by atoms with van der Waals surface area (Å²) in [6.07, 6.45) is 2.44. The fourth-order valence-electron chi connectivity index (χ4n) is 2.27. The molecule has 0 atom stereocenters. The molecule has 0 spiro atoms. The second kappa shape index (κ2) is 6.25. The van der Waals surface area contributed by atoms with Crippen molar-refractivity contribution in [1.82, 2.24) is 4.98 Å². The Balaban J connectivity index is 1.99. The summed E-state index contributed by atoms with van der Waals surface area (Å²) < 4.78 is 62.0. The fraction of sp³-hybridized carbons (Fsp3) is 0.0625.